The number of rotatable bonds is 4. The van der Waals surface area contributed by atoms with Gasteiger partial charge in [0.25, 0.3) is 0 Å². The minimum Gasteiger partial charge on any atom is -0.330 e. The quantitative estimate of drug-likeness (QED) is 0.779. The fourth-order valence-corrected chi connectivity index (χ4v) is 3.87. The Morgan fingerprint density at radius 3 is 2.57 bits per heavy atom. The van der Waals surface area contributed by atoms with Crippen molar-refractivity contribution < 1.29 is 0 Å². The van der Waals surface area contributed by atoms with Crippen LogP contribution in [-0.2, 0) is 0 Å². The van der Waals surface area contributed by atoms with Gasteiger partial charge < -0.3 is 5.73 Å². The van der Waals surface area contributed by atoms with E-state index in [1.54, 1.807) is 0 Å². The average Bonchev–Trinajstić information content (AvgIpc) is 2.12. The summed E-state index contributed by atoms with van der Waals surface area (Å²) >= 11 is 2.17. The Hall–Kier alpha value is 0.310. The maximum absolute atomic E-state index is 5.57. The van der Waals surface area contributed by atoms with Gasteiger partial charge in [-0.05, 0) is 44.1 Å². The zero-order valence-corrected chi connectivity index (χ0v) is 10.6. The van der Waals surface area contributed by atoms with Crippen LogP contribution in [0.1, 0.15) is 46.5 Å². The van der Waals surface area contributed by atoms with Crippen LogP contribution in [0.2, 0.25) is 0 Å². The van der Waals surface area contributed by atoms with E-state index in [1.807, 2.05) is 0 Å². The summed E-state index contributed by atoms with van der Waals surface area (Å²) in [6.07, 6.45) is 5.44. The van der Waals surface area contributed by atoms with Crippen molar-refractivity contribution in [3.63, 3.8) is 0 Å². The highest BCUT2D eigenvalue weighted by atomic mass is 32.2. The molecule has 0 aromatic rings. The Kier molecular flexibility index (Phi) is 5.32. The zero-order valence-electron chi connectivity index (χ0n) is 9.83. The minimum atomic E-state index is 0.755. The van der Waals surface area contributed by atoms with Gasteiger partial charge in [-0.15, -0.1) is 0 Å². The van der Waals surface area contributed by atoms with E-state index < -0.39 is 0 Å². The van der Waals surface area contributed by atoms with E-state index in [1.165, 1.54) is 25.7 Å². The molecule has 1 saturated carbocycles. The molecule has 0 radical (unpaired) electrons. The highest BCUT2D eigenvalue weighted by Gasteiger charge is 2.25. The van der Waals surface area contributed by atoms with Crippen molar-refractivity contribution in [3.05, 3.63) is 0 Å². The molecular weight excluding hydrogens is 190 g/mol. The number of nitrogens with two attached hydrogens (primary N) is 1. The summed E-state index contributed by atoms with van der Waals surface area (Å²) < 4.78 is 0. The van der Waals surface area contributed by atoms with Crippen molar-refractivity contribution in [2.45, 2.75) is 57.0 Å². The van der Waals surface area contributed by atoms with Crippen LogP contribution in [0, 0.1) is 11.8 Å². The maximum atomic E-state index is 5.57. The fourth-order valence-electron chi connectivity index (χ4n) is 2.25. The largest absolute Gasteiger partial charge is 0.330 e. The summed E-state index contributed by atoms with van der Waals surface area (Å²) in [7, 11) is 0. The van der Waals surface area contributed by atoms with Crippen LogP contribution in [0.25, 0.3) is 0 Å². The van der Waals surface area contributed by atoms with Crippen molar-refractivity contribution in [1.82, 2.24) is 0 Å². The third-order valence-electron chi connectivity index (χ3n) is 3.55. The zero-order chi connectivity index (χ0) is 10.6. The third-order valence-corrected chi connectivity index (χ3v) is 5.06. The molecule has 1 aliphatic carbocycles. The molecule has 0 amide bonds. The summed E-state index contributed by atoms with van der Waals surface area (Å²) in [6.45, 7) is 7.97. The molecule has 2 N–H and O–H groups in total. The van der Waals surface area contributed by atoms with Gasteiger partial charge in [0.15, 0.2) is 0 Å². The Balaban J connectivity index is 2.25. The van der Waals surface area contributed by atoms with E-state index in [0.717, 1.165) is 28.9 Å². The molecule has 0 bridgehead atoms. The lowest BCUT2D eigenvalue weighted by molar-refractivity contribution is 0.283. The Labute approximate surface area is 93.2 Å². The van der Waals surface area contributed by atoms with Crippen molar-refractivity contribution in [1.29, 1.82) is 0 Å². The van der Waals surface area contributed by atoms with E-state index in [2.05, 4.69) is 32.5 Å². The number of hydrogen-bond acceptors (Lipinski definition) is 2. The van der Waals surface area contributed by atoms with Crippen LogP contribution in [0.4, 0.5) is 0 Å². The lowest BCUT2D eigenvalue weighted by atomic mass is 9.81. The van der Waals surface area contributed by atoms with Crippen molar-refractivity contribution in [3.8, 4) is 0 Å². The first kappa shape index (κ1) is 12.4. The van der Waals surface area contributed by atoms with E-state index in [9.17, 15) is 0 Å². The summed E-state index contributed by atoms with van der Waals surface area (Å²) in [5, 5.41) is 1.66. The van der Waals surface area contributed by atoms with E-state index in [0.29, 0.717) is 0 Å². The smallest absolute Gasteiger partial charge is 0.00524 e. The molecule has 0 aromatic heterocycles. The van der Waals surface area contributed by atoms with Gasteiger partial charge in [-0.2, -0.15) is 11.8 Å². The maximum Gasteiger partial charge on any atom is 0.00524 e. The topological polar surface area (TPSA) is 26.0 Å². The van der Waals surface area contributed by atoms with Crippen molar-refractivity contribution in [2.75, 3.05) is 6.54 Å². The van der Waals surface area contributed by atoms with Gasteiger partial charge in [0.2, 0.25) is 0 Å². The first-order chi connectivity index (χ1) is 6.63. The van der Waals surface area contributed by atoms with Gasteiger partial charge in [-0.3, -0.25) is 0 Å². The lowest BCUT2D eigenvalue weighted by Gasteiger charge is -2.33. The molecule has 0 aromatic carbocycles. The highest BCUT2D eigenvalue weighted by molar-refractivity contribution is 8.00. The first-order valence-electron chi connectivity index (χ1n) is 5.99. The Morgan fingerprint density at radius 2 is 2.00 bits per heavy atom. The first-order valence-corrected chi connectivity index (χ1v) is 6.93. The molecule has 2 heteroatoms. The van der Waals surface area contributed by atoms with E-state index >= 15 is 0 Å². The van der Waals surface area contributed by atoms with Crippen LogP contribution in [0.5, 0.6) is 0 Å². The van der Waals surface area contributed by atoms with Gasteiger partial charge in [0.1, 0.15) is 0 Å². The molecule has 0 saturated heterocycles. The van der Waals surface area contributed by atoms with Crippen LogP contribution < -0.4 is 5.73 Å². The summed E-state index contributed by atoms with van der Waals surface area (Å²) in [5.74, 6) is 1.86. The van der Waals surface area contributed by atoms with E-state index in [4.69, 9.17) is 5.73 Å². The van der Waals surface area contributed by atoms with Gasteiger partial charge in [0, 0.05) is 10.5 Å². The predicted octanol–water partition coefficient (Wildman–Crippen LogP) is 3.28. The average molecular weight is 215 g/mol. The Bertz CT molecular complexity index is 160. The molecule has 4 atom stereocenters. The van der Waals surface area contributed by atoms with Gasteiger partial charge >= 0.3 is 0 Å². The molecule has 0 heterocycles. The molecule has 1 nitrogen and oxygen atoms in total. The minimum absolute atomic E-state index is 0.755. The van der Waals surface area contributed by atoms with Crippen molar-refractivity contribution in [2.24, 2.45) is 17.6 Å². The second-order valence-electron chi connectivity index (χ2n) is 4.91. The molecule has 84 valence electrons. The number of hydrogen-bond donors (Lipinski definition) is 1. The van der Waals surface area contributed by atoms with Crippen molar-refractivity contribution >= 4 is 11.8 Å². The van der Waals surface area contributed by atoms with Crippen LogP contribution in [0.3, 0.4) is 0 Å². The summed E-state index contributed by atoms with van der Waals surface area (Å²) in [5.41, 5.74) is 5.57. The monoisotopic (exact) mass is 215 g/mol. The molecule has 1 rings (SSSR count). The molecule has 14 heavy (non-hydrogen) atoms. The number of thioether (sulfide) groups is 1. The van der Waals surface area contributed by atoms with Crippen LogP contribution >= 0.6 is 11.8 Å². The van der Waals surface area contributed by atoms with Gasteiger partial charge in [-0.25, -0.2) is 0 Å². The molecule has 0 aliphatic heterocycles. The second-order valence-corrected chi connectivity index (χ2v) is 6.66. The van der Waals surface area contributed by atoms with Crippen LogP contribution in [0.15, 0.2) is 0 Å². The molecule has 4 unspecified atom stereocenters. The summed E-state index contributed by atoms with van der Waals surface area (Å²) in [4.78, 5) is 0. The molecule has 0 spiro atoms. The van der Waals surface area contributed by atoms with Gasteiger partial charge in [0.05, 0.1) is 0 Å². The predicted molar refractivity (Wildman–Crippen MR) is 66.7 cm³/mol. The molecule has 1 aliphatic rings. The normalized spacial score (nSPS) is 35.6. The lowest BCUT2D eigenvalue weighted by Crippen LogP contribution is -2.24. The molecular formula is C12H25NS. The third kappa shape index (κ3) is 3.82. The fraction of sp³-hybridized carbons (Fsp3) is 1.00. The Morgan fingerprint density at radius 1 is 1.29 bits per heavy atom. The van der Waals surface area contributed by atoms with Gasteiger partial charge in [-0.1, -0.05) is 20.8 Å². The standard InChI is InChI=1S/C12H25NS/c1-9-4-5-12(8-10(9)2)14-11(3)6-7-13/h9-12H,4-8,13H2,1-3H3. The second kappa shape index (κ2) is 6.02. The van der Waals surface area contributed by atoms with Crippen LogP contribution in [-0.4, -0.2) is 17.0 Å². The van der Waals surface area contributed by atoms with E-state index in [-0.39, 0.29) is 0 Å². The summed E-state index contributed by atoms with van der Waals surface area (Å²) in [6, 6.07) is 0. The highest BCUT2D eigenvalue weighted by Crippen LogP contribution is 2.37. The molecule has 1 fully saturated rings. The SMILES string of the molecule is CC(CCN)SC1CCC(C)C(C)C1.